The Hall–Kier alpha value is -3.94. The largest absolute Gasteiger partial charge is 0.386 e. The predicted octanol–water partition coefficient (Wildman–Crippen LogP) is 6.41. The van der Waals surface area contributed by atoms with Gasteiger partial charge in [-0.2, -0.15) is 0 Å². The van der Waals surface area contributed by atoms with Gasteiger partial charge in [-0.3, -0.25) is 4.79 Å². The highest BCUT2D eigenvalue weighted by Gasteiger charge is 2.32. The minimum Gasteiger partial charge on any atom is -0.386 e. The van der Waals surface area contributed by atoms with E-state index < -0.39 is 11.5 Å². The molecule has 40 heavy (non-hydrogen) atoms. The van der Waals surface area contributed by atoms with Crippen LogP contribution in [0.1, 0.15) is 65.7 Å². The highest BCUT2D eigenvalue weighted by atomic mass is 16.5. The number of benzene rings is 3. The number of primary amides is 1. The molecule has 0 aliphatic carbocycles. The van der Waals surface area contributed by atoms with Gasteiger partial charge in [0, 0.05) is 35.1 Å². The molecule has 3 heterocycles. The van der Waals surface area contributed by atoms with Crippen LogP contribution in [-0.4, -0.2) is 34.0 Å². The van der Waals surface area contributed by atoms with E-state index in [0.29, 0.717) is 30.5 Å². The normalized spacial score (nSPS) is 15.6. The van der Waals surface area contributed by atoms with Crippen molar-refractivity contribution in [3.63, 3.8) is 0 Å². The van der Waals surface area contributed by atoms with Crippen molar-refractivity contribution < 1.29 is 19.2 Å². The molecular formula is C33H35N3O4. The standard InChI is InChI=1S/C33H35N3O4/c1-19-29(20(2)40-35-19)23-16-26(32(34)37)30-25-11-10-24(33(3,4)38)18-27(25)36(28(30)17-23)31(21-8-6-5-7-9-21)22-12-14-39-15-13-22/h5-11,16-18,22,31,38H,12-15H2,1-4H3,(H2,34,37)/t31-/m0/s1. The van der Waals surface area contributed by atoms with E-state index in [1.807, 2.05) is 38.1 Å². The minimum absolute atomic E-state index is 0.0252. The van der Waals surface area contributed by atoms with Gasteiger partial charge in [0.15, 0.2) is 0 Å². The van der Waals surface area contributed by atoms with Crippen molar-refractivity contribution in [1.29, 1.82) is 0 Å². The number of fused-ring (bicyclic) bond motifs is 3. The molecule has 7 heteroatoms. The average molecular weight is 538 g/mol. The summed E-state index contributed by atoms with van der Waals surface area (Å²) in [5.41, 5.74) is 11.8. The van der Waals surface area contributed by atoms with Crippen LogP contribution in [0.4, 0.5) is 0 Å². The predicted molar refractivity (Wildman–Crippen MR) is 156 cm³/mol. The lowest BCUT2D eigenvalue weighted by molar-refractivity contribution is 0.0552. The van der Waals surface area contributed by atoms with Crippen LogP contribution in [0.3, 0.4) is 0 Å². The number of carbonyl (C=O) groups is 1. The lowest BCUT2D eigenvalue weighted by Gasteiger charge is -2.33. The fourth-order valence-electron chi connectivity index (χ4n) is 6.40. The van der Waals surface area contributed by atoms with Gasteiger partial charge in [0.25, 0.3) is 0 Å². The molecule has 0 radical (unpaired) electrons. The summed E-state index contributed by atoms with van der Waals surface area (Å²) in [7, 11) is 0. The van der Waals surface area contributed by atoms with E-state index >= 15 is 0 Å². The first-order chi connectivity index (χ1) is 19.1. The third-order valence-corrected chi connectivity index (χ3v) is 8.33. The highest BCUT2D eigenvalue weighted by Crippen LogP contribution is 2.44. The maximum absolute atomic E-state index is 13.0. The van der Waals surface area contributed by atoms with Crippen LogP contribution in [-0.2, 0) is 10.3 Å². The zero-order chi connectivity index (χ0) is 28.2. The Kier molecular flexibility index (Phi) is 6.51. The van der Waals surface area contributed by atoms with Crippen molar-refractivity contribution in [1.82, 2.24) is 9.72 Å². The number of hydrogen-bond acceptors (Lipinski definition) is 5. The SMILES string of the molecule is Cc1noc(C)c1-c1cc(C(N)=O)c2c3ccc(C(C)(C)O)cc3n([C@@H](c3ccccc3)C3CCOCC3)c2c1. The summed E-state index contributed by atoms with van der Waals surface area (Å²) in [6.07, 6.45) is 1.83. The lowest BCUT2D eigenvalue weighted by Crippen LogP contribution is -2.27. The number of nitrogens with two attached hydrogens (primary N) is 1. The molecule has 3 N–H and O–H groups in total. The Morgan fingerprint density at radius 2 is 1.77 bits per heavy atom. The molecule has 6 rings (SSSR count). The molecular weight excluding hydrogens is 502 g/mol. The second-order valence-corrected chi connectivity index (χ2v) is 11.4. The summed E-state index contributed by atoms with van der Waals surface area (Å²) in [5.74, 6) is 0.496. The Morgan fingerprint density at radius 3 is 2.40 bits per heavy atom. The van der Waals surface area contributed by atoms with Gasteiger partial charge in [-0.05, 0) is 81.3 Å². The van der Waals surface area contributed by atoms with Gasteiger partial charge < -0.3 is 24.7 Å². The highest BCUT2D eigenvalue weighted by molar-refractivity contribution is 6.19. The van der Waals surface area contributed by atoms with Gasteiger partial charge in [0.05, 0.1) is 28.4 Å². The Bertz CT molecular complexity index is 1700. The van der Waals surface area contributed by atoms with E-state index in [9.17, 15) is 9.90 Å². The van der Waals surface area contributed by atoms with Crippen LogP contribution in [0.25, 0.3) is 32.9 Å². The number of amides is 1. The molecule has 3 aromatic carbocycles. The molecule has 7 nitrogen and oxygen atoms in total. The molecule has 1 aliphatic rings. The first-order valence-electron chi connectivity index (χ1n) is 13.9. The molecule has 0 unspecified atom stereocenters. The first-order valence-corrected chi connectivity index (χ1v) is 13.9. The third kappa shape index (κ3) is 4.39. The summed E-state index contributed by atoms with van der Waals surface area (Å²) in [5, 5.41) is 16.9. The third-order valence-electron chi connectivity index (χ3n) is 8.33. The van der Waals surface area contributed by atoms with Crippen molar-refractivity contribution >= 4 is 27.7 Å². The molecule has 2 aromatic heterocycles. The second kappa shape index (κ2) is 9.91. The summed E-state index contributed by atoms with van der Waals surface area (Å²) in [6, 6.07) is 20.5. The topological polar surface area (TPSA) is 104 Å². The summed E-state index contributed by atoms with van der Waals surface area (Å²) in [6.45, 7) is 8.77. The summed E-state index contributed by atoms with van der Waals surface area (Å²) < 4.78 is 13.6. The molecule has 0 bridgehead atoms. The van der Waals surface area contributed by atoms with Crippen LogP contribution in [0, 0.1) is 19.8 Å². The Labute approximate surface area is 233 Å². The Morgan fingerprint density at radius 1 is 1.05 bits per heavy atom. The van der Waals surface area contributed by atoms with E-state index in [4.69, 9.17) is 15.0 Å². The number of aliphatic hydroxyl groups is 1. The number of aryl methyl sites for hydroxylation is 2. The number of ether oxygens (including phenoxy) is 1. The molecule has 5 aromatic rings. The van der Waals surface area contributed by atoms with Gasteiger partial charge in [-0.25, -0.2) is 0 Å². The van der Waals surface area contributed by atoms with Gasteiger partial charge in [0.1, 0.15) is 5.76 Å². The van der Waals surface area contributed by atoms with Crippen molar-refractivity contribution in [3.05, 3.63) is 88.8 Å². The van der Waals surface area contributed by atoms with E-state index in [1.54, 1.807) is 13.8 Å². The van der Waals surface area contributed by atoms with Gasteiger partial charge >= 0.3 is 0 Å². The van der Waals surface area contributed by atoms with Crippen LogP contribution in [0.2, 0.25) is 0 Å². The maximum atomic E-state index is 13.0. The molecule has 1 atom stereocenters. The smallest absolute Gasteiger partial charge is 0.249 e. The van der Waals surface area contributed by atoms with E-state index in [-0.39, 0.29) is 6.04 Å². The van der Waals surface area contributed by atoms with Crippen LogP contribution in [0.15, 0.2) is 65.2 Å². The first kappa shape index (κ1) is 26.3. The van der Waals surface area contributed by atoms with Crippen LogP contribution < -0.4 is 5.73 Å². The number of nitrogens with zero attached hydrogens (tertiary/aromatic N) is 2. The number of aromatic nitrogens is 2. The van der Waals surface area contributed by atoms with E-state index in [1.165, 1.54) is 5.56 Å². The van der Waals surface area contributed by atoms with Crippen molar-refractivity contribution in [2.45, 2.75) is 52.2 Å². The van der Waals surface area contributed by atoms with Crippen LogP contribution in [0.5, 0.6) is 0 Å². The minimum atomic E-state index is -1.04. The molecule has 0 spiro atoms. The quantitative estimate of drug-likeness (QED) is 0.261. The molecule has 1 fully saturated rings. The van der Waals surface area contributed by atoms with E-state index in [2.05, 4.69) is 46.1 Å². The lowest BCUT2D eigenvalue weighted by atomic mass is 9.86. The van der Waals surface area contributed by atoms with Crippen molar-refractivity contribution in [2.75, 3.05) is 13.2 Å². The molecule has 1 amide bonds. The molecule has 0 saturated carbocycles. The second-order valence-electron chi connectivity index (χ2n) is 11.4. The fraction of sp³-hybridized carbons (Fsp3) is 0.333. The molecule has 1 saturated heterocycles. The molecule has 1 aliphatic heterocycles. The average Bonchev–Trinajstić information content (AvgIpc) is 3.44. The number of carbonyl (C=O) groups excluding carboxylic acids is 1. The van der Waals surface area contributed by atoms with Gasteiger partial charge in [-0.1, -0.05) is 47.6 Å². The fourth-order valence-corrected chi connectivity index (χ4v) is 6.40. The molecule has 206 valence electrons. The van der Waals surface area contributed by atoms with Crippen molar-refractivity contribution in [3.8, 4) is 11.1 Å². The van der Waals surface area contributed by atoms with E-state index in [0.717, 1.165) is 57.0 Å². The summed E-state index contributed by atoms with van der Waals surface area (Å²) in [4.78, 5) is 13.0. The number of rotatable bonds is 6. The summed E-state index contributed by atoms with van der Waals surface area (Å²) >= 11 is 0. The van der Waals surface area contributed by atoms with Crippen LogP contribution >= 0.6 is 0 Å². The van der Waals surface area contributed by atoms with Gasteiger partial charge in [-0.15, -0.1) is 0 Å². The zero-order valence-corrected chi connectivity index (χ0v) is 23.4. The maximum Gasteiger partial charge on any atom is 0.249 e. The van der Waals surface area contributed by atoms with Gasteiger partial charge in [0.2, 0.25) is 5.91 Å². The Balaban J connectivity index is 1.77. The van der Waals surface area contributed by atoms with Crippen molar-refractivity contribution in [2.24, 2.45) is 11.7 Å². The number of hydrogen-bond donors (Lipinski definition) is 2. The monoisotopic (exact) mass is 537 g/mol. The zero-order valence-electron chi connectivity index (χ0n) is 23.4.